The highest BCUT2D eigenvalue weighted by atomic mass is 35.5. The Balaban J connectivity index is 2.79. The number of halogens is 1. The maximum atomic E-state index is 5.87. The van der Waals surface area contributed by atoms with Crippen LogP contribution in [0.25, 0.3) is 5.52 Å². The van der Waals surface area contributed by atoms with E-state index in [1.165, 1.54) is 11.3 Å². The lowest BCUT2D eigenvalue weighted by Crippen LogP contribution is -2.00. The molecular formula is C11H13ClN2. The summed E-state index contributed by atoms with van der Waals surface area (Å²) in [6.07, 6.45) is 0. The summed E-state index contributed by atoms with van der Waals surface area (Å²) in [5, 5.41) is 4.84. The second-order valence-electron chi connectivity index (χ2n) is 3.86. The summed E-state index contributed by atoms with van der Waals surface area (Å²) >= 11 is 5.87. The Bertz CT molecular complexity index is 471. The highest BCUT2D eigenvalue weighted by Crippen LogP contribution is 2.23. The second kappa shape index (κ2) is 3.28. The molecule has 0 aromatic carbocycles. The lowest BCUT2D eigenvalue weighted by atomic mass is 10.1. The van der Waals surface area contributed by atoms with E-state index in [2.05, 4.69) is 31.9 Å². The molecule has 0 saturated carbocycles. The SMILES string of the molecule is Cc1cc2ccc(Cl)nn2c1C(C)C. The summed E-state index contributed by atoms with van der Waals surface area (Å²) in [6, 6.07) is 5.95. The Morgan fingerprint density at radius 3 is 2.71 bits per heavy atom. The van der Waals surface area contributed by atoms with Gasteiger partial charge >= 0.3 is 0 Å². The van der Waals surface area contributed by atoms with Gasteiger partial charge in [0, 0.05) is 5.69 Å². The van der Waals surface area contributed by atoms with Gasteiger partial charge in [-0.05, 0) is 36.6 Å². The van der Waals surface area contributed by atoms with Gasteiger partial charge in [-0.2, -0.15) is 5.10 Å². The Morgan fingerprint density at radius 2 is 2.07 bits per heavy atom. The van der Waals surface area contributed by atoms with E-state index in [0.717, 1.165) is 5.52 Å². The zero-order valence-electron chi connectivity index (χ0n) is 8.58. The highest BCUT2D eigenvalue weighted by molar-refractivity contribution is 6.29. The molecule has 0 unspecified atom stereocenters. The number of nitrogens with zero attached hydrogens (tertiary/aromatic N) is 2. The Labute approximate surface area is 88.5 Å². The van der Waals surface area contributed by atoms with Crippen LogP contribution < -0.4 is 0 Å². The predicted octanol–water partition coefficient (Wildman–Crippen LogP) is 3.42. The van der Waals surface area contributed by atoms with E-state index in [9.17, 15) is 0 Å². The molecule has 2 aromatic heterocycles. The van der Waals surface area contributed by atoms with Crippen LogP contribution in [0.1, 0.15) is 31.0 Å². The molecule has 0 atom stereocenters. The third kappa shape index (κ3) is 1.40. The van der Waals surface area contributed by atoms with E-state index in [1.54, 1.807) is 0 Å². The van der Waals surface area contributed by atoms with Gasteiger partial charge in [-0.25, -0.2) is 4.52 Å². The van der Waals surface area contributed by atoms with Gasteiger partial charge in [0.05, 0.1) is 5.52 Å². The first kappa shape index (κ1) is 9.53. The summed E-state index contributed by atoms with van der Waals surface area (Å²) in [5.41, 5.74) is 3.62. The number of aryl methyl sites for hydroxylation is 1. The number of hydrogen-bond donors (Lipinski definition) is 0. The Morgan fingerprint density at radius 1 is 1.36 bits per heavy atom. The van der Waals surface area contributed by atoms with E-state index >= 15 is 0 Å². The quantitative estimate of drug-likeness (QED) is 0.702. The van der Waals surface area contributed by atoms with Crippen molar-refractivity contribution in [3.63, 3.8) is 0 Å². The van der Waals surface area contributed by atoms with E-state index in [1.807, 2.05) is 16.6 Å². The van der Waals surface area contributed by atoms with Crippen molar-refractivity contribution >= 4 is 17.1 Å². The minimum Gasteiger partial charge on any atom is -0.236 e. The fourth-order valence-corrected chi connectivity index (χ4v) is 2.01. The molecule has 2 nitrogen and oxygen atoms in total. The first-order valence-electron chi connectivity index (χ1n) is 4.74. The smallest absolute Gasteiger partial charge is 0.150 e. The van der Waals surface area contributed by atoms with Crippen LogP contribution in [-0.4, -0.2) is 9.61 Å². The molecule has 2 rings (SSSR count). The molecule has 0 N–H and O–H groups in total. The summed E-state index contributed by atoms with van der Waals surface area (Å²) < 4.78 is 1.93. The van der Waals surface area contributed by atoms with Crippen molar-refractivity contribution in [2.45, 2.75) is 26.7 Å². The molecule has 2 aromatic rings. The van der Waals surface area contributed by atoms with Crippen molar-refractivity contribution < 1.29 is 0 Å². The van der Waals surface area contributed by atoms with Gasteiger partial charge in [0.15, 0.2) is 0 Å². The highest BCUT2D eigenvalue weighted by Gasteiger charge is 2.11. The predicted molar refractivity (Wildman–Crippen MR) is 59.0 cm³/mol. The monoisotopic (exact) mass is 208 g/mol. The molecule has 0 aliphatic heterocycles. The molecule has 0 spiro atoms. The molecule has 0 radical (unpaired) electrons. The minimum atomic E-state index is 0.462. The lowest BCUT2D eigenvalue weighted by molar-refractivity contribution is 0.752. The maximum Gasteiger partial charge on any atom is 0.150 e. The van der Waals surface area contributed by atoms with Gasteiger partial charge in [-0.15, -0.1) is 0 Å². The topological polar surface area (TPSA) is 17.3 Å². The van der Waals surface area contributed by atoms with Crippen LogP contribution in [-0.2, 0) is 0 Å². The molecule has 14 heavy (non-hydrogen) atoms. The largest absolute Gasteiger partial charge is 0.236 e. The van der Waals surface area contributed by atoms with Crippen molar-refractivity contribution in [1.29, 1.82) is 0 Å². The van der Waals surface area contributed by atoms with Gasteiger partial charge < -0.3 is 0 Å². The van der Waals surface area contributed by atoms with Crippen LogP contribution >= 0.6 is 11.6 Å². The third-order valence-corrected chi connectivity index (χ3v) is 2.58. The third-order valence-electron chi connectivity index (χ3n) is 2.38. The van der Waals surface area contributed by atoms with Gasteiger partial charge in [-0.3, -0.25) is 0 Å². The molecule has 0 amide bonds. The zero-order valence-corrected chi connectivity index (χ0v) is 9.34. The molecule has 0 bridgehead atoms. The number of hydrogen-bond acceptors (Lipinski definition) is 1. The van der Waals surface area contributed by atoms with Gasteiger partial charge in [0.2, 0.25) is 0 Å². The standard InChI is InChI=1S/C11H13ClN2/c1-7(2)11-8(3)6-9-4-5-10(12)13-14(9)11/h4-7H,1-3H3. The fraction of sp³-hybridized carbons (Fsp3) is 0.364. The first-order chi connectivity index (χ1) is 6.59. The summed E-state index contributed by atoms with van der Waals surface area (Å²) in [7, 11) is 0. The summed E-state index contributed by atoms with van der Waals surface area (Å²) in [6.45, 7) is 6.44. The van der Waals surface area contributed by atoms with Crippen molar-refractivity contribution in [3.05, 3.63) is 34.6 Å². The van der Waals surface area contributed by atoms with E-state index < -0.39 is 0 Å². The zero-order chi connectivity index (χ0) is 10.3. The second-order valence-corrected chi connectivity index (χ2v) is 4.25. The van der Waals surface area contributed by atoms with Crippen LogP contribution in [0.4, 0.5) is 0 Å². The molecule has 2 heterocycles. The fourth-order valence-electron chi connectivity index (χ4n) is 1.88. The lowest BCUT2D eigenvalue weighted by Gasteiger charge is -2.06. The molecule has 0 fully saturated rings. The molecular weight excluding hydrogens is 196 g/mol. The first-order valence-corrected chi connectivity index (χ1v) is 5.12. The Hall–Kier alpha value is -1.02. The molecule has 74 valence electrons. The van der Waals surface area contributed by atoms with Crippen LogP contribution in [0.5, 0.6) is 0 Å². The minimum absolute atomic E-state index is 0.462. The normalized spacial score (nSPS) is 11.5. The van der Waals surface area contributed by atoms with E-state index in [-0.39, 0.29) is 0 Å². The van der Waals surface area contributed by atoms with Gasteiger partial charge in [-0.1, -0.05) is 25.4 Å². The van der Waals surface area contributed by atoms with Crippen LogP contribution in [0.3, 0.4) is 0 Å². The molecule has 3 heteroatoms. The van der Waals surface area contributed by atoms with Crippen molar-refractivity contribution in [2.24, 2.45) is 0 Å². The van der Waals surface area contributed by atoms with Gasteiger partial charge in [0.1, 0.15) is 5.15 Å². The average Bonchev–Trinajstić information content (AvgIpc) is 2.40. The maximum absolute atomic E-state index is 5.87. The summed E-state index contributed by atoms with van der Waals surface area (Å²) in [5.74, 6) is 0.462. The number of rotatable bonds is 1. The van der Waals surface area contributed by atoms with Crippen molar-refractivity contribution in [1.82, 2.24) is 9.61 Å². The van der Waals surface area contributed by atoms with Crippen LogP contribution in [0.15, 0.2) is 18.2 Å². The molecule has 0 saturated heterocycles. The van der Waals surface area contributed by atoms with Gasteiger partial charge in [0.25, 0.3) is 0 Å². The van der Waals surface area contributed by atoms with Crippen molar-refractivity contribution in [3.8, 4) is 0 Å². The number of fused-ring (bicyclic) bond motifs is 1. The number of aromatic nitrogens is 2. The molecule has 0 aliphatic rings. The van der Waals surface area contributed by atoms with Crippen LogP contribution in [0, 0.1) is 6.92 Å². The summed E-state index contributed by atoms with van der Waals surface area (Å²) in [4.78, 5) is 0. The van der Waals surface area contributed by atoms with E-state index in [0.29, 0.717) is 11.1 Å². The van der Waals surface area contributed by atoms with Crippen molar-refractivity contribution in [2.75, 3.05) is 0 Å². The Kier molecular flexibility index (Phi) is 2.23. The average molecular weight is 209 g/mol. The van der Waals surface area contributed by atoms with E-state index in [4.69, 9.17) is 11.6 Å². The molecule has 0 aliphatic carbocycles. The van der Waals surface area contributed by atoms with Crippen LogP contribution in [0.2, 0.25) is 5.15 Å².